The van der Waals surface area contributed by atoms with Crippen molar-refractivity contribution in [2.24, 2.45) is 5.92 Å². The van der Waals surface area contributed by atoms with E-state index in [0.717, 1.165) is 27.9 Å². The van der Waals surface area contributed by atoms with Crippen molar-refractivity contribution in [1.82, 2.24) is 20.2 Å². The summed E-state index contributed by atoms with van der Waals surface area (Å²) in [5.74, 6) is 0.434. The molecule has 0 aliphatic heterocycles. The van der Waals surface area contributed by atoms with Gasteiger partial charge in [0.25, 0.3) is 5.91 Å². The molecule has 1 amide bonds. The number of rotatable bonds is 9. The highest BCUT2D eigenvalue weighted by molar-refractivity contribution is 7.90. The van der Waals surface area contributed by atoms with Crippen molar-refractivity contribution in [3.63, 3.8) is 0 Å². The van der Waals surface area contributed by atoms with Crippen LogP contribution in [-0.2, 0) is 17.8 Å². The molecule has 1 aliphatic rings. The maximum absolute atomic E-state index is 13.3. The second-order valence-corrected chi connectivity index (χ2v) is 12.5. The molecule has 2 heterocycles. The van der Waals surface area contributed by atoms with Crippen LogP contribution in [0.25, 0.3) is 22.2 Å². The molecule has 37 heavy (non-hydrogen) atoms. The molecular formula is C29H32N4O3S. The molecule has 192 valence electrons. The molecule has 4 aromatic rings. The number of benzene rings is 2. The SMILES string of the molecule is CC(C)(C)[S+]([O-])N[C@@H](Cc1cccc(C(=O)NCC2CC2)n1)c1ccccc1-c1noc2ccccc12. The van der Waals surface area contributed by atoms with Crippen LogP contribution in [-0.4, -0.2) is 31.9 Å². The Morgan fingerprint density at radius 3 is 2.62 bits per heavy atom. The van der Waals surface area contributed by atoms with Gasteiger partial charge < -0.3 is 14.4 Å². The molecule has 0 spiro atoms. The van der Waals surface area contributed by atoms with E-state index in [9.17, 15) is 9.35 Å². The maximum Gasteiger partial charge on any atom is 0.269 e. The number of carbonyl (C=O) groups excluding carboxylic acids is 1. The second kappa shape index (κ2) is 10.7. The molecule has 0 saturated heterocycles. The first-order chi connectivity index (χ1) is 17.8. The van der Waals surface area contributed by atoms with Crippen LogP contribution in [0, 0.1) is 5.92 Å². The predicted molar refractivity (Wildman–Crippen MR) is 146 cm³/mol. The molecule has 2 aromatic carbocycles. The third-order valence-electron chi connectivity index (χ3n) is 6.48. The summed E-state index contributed by atoms with van der Waals surface area (Å²) >= 11 is -1.34. The lowest BCUT2D eigenvalue weighted by Crippen LogP contribution is -2.42. The monoisotopic (exact) mass is 516 g/mol. The first-order valence-corrected chi connectivity index (χ1v) is 13.8. The van der Waals surface area contributed by atoms with Gasteiger partial charge in [0.1, 0.15) is 16.1 Å². The van der Waals surface area contributed by atoms with Crippen molar-refractivity contribution < 1.29 is 13.9 Å². The molecule has 5 rings (SSSR count). The molecule has 8 heteroatoms. The van der Waals surface area contributed by atoms with Crippen LogP contribution in [0.15, 0.2) is 71.3 Å². The smallest absolute Gasteiger partial charge is 0.269 e. The average molecular weight is 517 g/mol. The number of para-hydroxylation sites is 1. The normalized spacial score (nSPS) is 15.5. The zero-order valence-electron chi connectivity index (χ0n) is 21.4. The number of carbonyl (C=O) groups is 1. The van der Waals surface area contributed by atoms with Crippen molar-refractivity contribution in [2.45, 2.75) is 50.8 Å². The van der Waals surface area contributed by atoms with Crippen molar-refractivity contribution in [3.05, 3.63) is 83.7 Å². The Bertz CT molecular complexity index is 1390. The summed E-state index contributed by atoms with van der Waals surface area (Å²) in [7, 11) is 0. The van der Waals surface area contributed by atoms with Gasteiger partial charge in [-0.05, 0) is 69.4 Å². The number of aromatic nitrogens is 2. The van der Waals surface area contributed by atoms with Gasteiger partial charge in [0, 0.05) is 41.0 Å². The fraction of sp³-hybridized carbons (Fsp3) is 0.345. The number of fused-ring (bicyclic) bond motifs is 1. The van der Waals surface area contributed by atoms with E-state index < -0.39 is 16.1 Å². The van der Waals surface area contributed by atoms with Crippen molar-refractivity contribution in [1.29, 1.82) is 0 Å². The Labute approximate surface area is 220 Å². The van der Waals surface area contributed by atoms with Crippen LogP contribution in [0.3, 0.4) is 0 Å². The highest BCUT2D eigenvalue weighted by Crippen LogP contribution is 2.35. The first-order valence-electron chi connectivity index (χ1n) is 12.7. The lowest BCUT2D eigenvalue weighted by Gasteiger charge is -2.29. The van der Waals surface area contributed by atoms with E-state index in [1.807, 2.05) is 81.4 Å². The zero-order valence-corrected chi connectivity index (χ0v) is 22.2. The fourth-order valence-electron chi connectivity index (χ4n) is 4.20. The standard InChI is InChI=1S/C29H32N4O3S/c1-29(2,3)37(35)33-25(17-20-9-8-13-24(31-20)28(34)30-18-19-15-16-19)21-10-4-5-11-22(21)27-23-12-6-7-14-26(23)36-32-27/h4-14,19,25,33H,15-18H2,1-3H3,(H,30,34)/t25-,37?/m0/s1. The van der Waals surface area contributed by atoms with E-state index in [1.165, 1.54) is 12.8 Å². The van der Waals surface area contributed by atoms with E-state index >= 15 is 0 Å². The lowest BCUT2D eigenvalue weighted by atomic mass is 9.94. The number of nitrogens with zero attached hydrogens (tertiary/aromatic N) is 2. The molecule has 2 N–H and O–H groups in total. The summed E-state index contributed by atoms with van der Waals surface area (Å²) in [6.07, 6.45) is 2.79. The quantitative estimate of drug-likeness (QED) is 0.290. The number of pyridine rings is 1. The Balaban J connectivity index is 1.49. The molecule has 0 radical (unpaired) electrons. The summed E-state index contributed by atoms with van der Waals surface area (Å²) in [5.41, 5.74) is 4.41. The van der Waals surface area contributed by atoms with Gasteiger partial charge in [0.2, 0.25) is 0 Å². The summed E-state index contributed by atoms with van der Waals surface area (Å²) in [6.45, 7) is 6.51. The van der Waals surface area contributed by atoms with Crippen LogP contribution >= 0.6 is 0 Å². The molecule has 2 atom stereocenters. The second-order valence-electron chi connectivity index (χ2n) is 10.5. The largest absolute Gasteiger partial charge is 0.598 e. The van der Waals surface area contributed by atoms with E-state index in [2.05, 4.69) is 20.2 Å². The topological polar surface area (TPSA) is 103 Å². The van der Waals surface area contributed by atoms with Gasteiger partial charge in [0.15, 0.2) is 5.58 Å². The van der Waals surface area contributed by atoms with Gasteiger partial charge >= 0.3 is 0 Å². The average Bonchev–Trinajstić information content (AvgIpc) is 3.63. The van der Waals surface area contributed by atoms with Gasteiger partial charge in [-0.25, -0.2) is 4.98 Å². The van der Waals surface area contributed by atoms with Crippen LogP contribution in [0.1, 0.15) is 61.4 Å². The molecule has 1 fully saturated rings. The summed E-state index contributed by atoms with van der Waals surface area (Å²) in [5, 5.41) is 8.27. The van der Waals surface area contributed by atoms with E-state index in [-0.39, 0.29) is 11.9 Å². The minimum absolute atomic E-state index is 0.161. The van der Waals surface area contributed by atoms with Gasteiger partial charge in [-0.3, -0.25) is 4.79 Å². The number of nitrogens with one attached hydrogen (secondary N) is 2. The molecule has 1 unspecified atom stereocenters. The van der Waals surface area contributed by atoms with Crippen LogP contribution in [0.5, 0.6) is 0 Å². The maximum atomic E-state index is 13.3. The molecule has 0 bridgehead atoms. The van der Waals surface area contributed by atoms with E-state index in [0.29, 0.717) is 30.2 Å². The number of hydrogen-bond donors (Lipinski definition) is 2. The van der Waals surface area contributed by atoms with Crippen LogP contribution < -0.4 is 10.0 Å². The van der Waals surface area contributed by atoms with E-state index in [4.69, 9.17) is 4.52 Å². The minimum Gasteiger partial charge on any atom is -0.598 e. The number of amides is 1. The minimum atomic E-state index is -1.34. The number of hydrogen-bond acceptors (Lipinski definition) is 6. The van der Waals surface area contributed by atoms with Crippen LogP contribution in [0.2, 0.25) is 0 Å². The predicted octanol–water partition coefficient (Wildman–Crippen LogP) is 5.37. The summed E-state index contributed by atoms with van der Waals surface area (Å²) in [6, 6.07) is 20.8. The van der Waals surface area contributed by atoms with E-state index in [1.54, 1.807) is 6.07 Å². The Morgan fingerprint density at radius 2 is 1.84 bits per heavy atom. The molecule has 7 nitrogen and oxygen atoms in total. The first kappa shape index (κ1) is 25.4. The zero-order chi connectivity index (χ0) is 26.0. The lowest BCUT2D eigenvalue weighted by molar-refractivity contribution is 0.0946. The third kappa shape index (κ3) is 6.04. The third-order valence-corrected chi connectivity index (χ3v) is 8.09. The Hall–Kier alpha value is -3.20. The molecule has 1 aliphatic carbocycles. The van der Waals surface area contributed by atoms with Gasteiger partial charge in [-0.2, -0.15) is 0 Å². The molecular weight excluding hydrogens is 484 g/mol. The highest BCUT2D eigenvalue weighted by atomic mass is 32.2. The molecule has 1 saturated carbocycles. The van der Waals surface area contributed by atoms with Gasteiger partial charge in [-0.15, -0.1) is 4.72 Å². The van der Waals surface area contributed by atoms with Crippen molar-refractivity contribution in [2.75, 3.05) is 6.54 Å². The van der Waals surface area contributed by atoms with Crippen molar-refractivity contribution >= 4 is 28.2 Å². The summed E-state index contributed by atoms with van der Waals surface area (Å²) < 4.78 is 21.7. The molecule has 2 aromatic heterocycles. The summed E-state index contributed by atoms with van der Waals surface area (Å²) in [4.78, 5) is 17.3. The highest BCUT2D eigenvalue weighted by Gasteiger charge is 2.32. The van der Waals surface area contributed by atoms with Crippen LogP contribution in [0.4, 0.5) is 0 Å². The fourth-order valence-corrected chi connectivity index (χ4v) is 5.02. The van der Waals surface area contributed by atoms with Gasteiger partial charge in [0.05, 0.1) is 6.04 Å². The Morgan fingerprint density at radius 1 is 1.08 bits per heavy atom. The Kier molecular flexibility index (Phi) is 7.33. The van der Waals surface area contributed by atoms with Crippen molar-refractivity contribution in [3.8, 4) is 11.3 Å². The van der Waals surface area contributed by atoms with Gasteiger partial charge in [-0.1, -0.05) is 47.6 Å².